The molecule has 0 rings (SSSR count). The van der Waals surface area contributed by atoms with E-state index >= 15 is 0 Å². The van der Waals surface area contributed by atoms with Crippen LogP contribution in [0.25, 0.3) is 0 Å². The highest BCUT2D eigenvalue weighted by Gasteiger charge is 2.37. The maximum atomic E-state index is 5.72. The van der Waals surface area contributed by atoms with E-state index in [2.05, 4.69) is 40.4 Å². The molecule has 0 spiro atoms. The largest absolute Gasteiger partial charge is 0.549 e. The summed E-state index contributed by atoms with van der Waals surface area (Å²) in [6.07, 6.45) is 5.32. The first-order chi connectivity index (χ1) is 5.31. The molecule has 0 aromatic heterocycles. The zero-order valence-electron chi connectivity index (χ0n) is 8.85. The normalized spacial score (nSPS) is 13.4. The Kier molecular flexibility index (Phi) is 3.78. The average Bonchev–Trinajstić information content (AvgIpc) is 1.85. The van der Waals surface area contributed by atoms with Gasteiger partial charge in [0.05, 0.1) is 6.26 Å². The van der Waals surface area contributed by atoms with Crippen molar-refractivity contribution in [1.29, 1.82) is 0 Å². The monoisotopic (exact) mass is 184 g/mol. The molecule has 0 unspecified atom stereocenters. The summed E-state index contributed by atoms with van der Waals surface area (Å²) in [5, 5.41) is 0.276. The van der Waals surface area contributed by atoms with Gasteiger partial charge in [0.1, 0.15) is 0 Å². The van der Waals surface area contributed by atoms with E-state index in [0.29, 0.717) is 0 Å². The molecule has 0 amide bonds. The van der Waals surface area contributed by atoms with Crippen molar-refractivity contribution in [2.24, 2.45) is 0 Å². The third-order valence-corrected chi connectivity index (χ3v) is 6.72. The molecule has 1 nitrogen and oxygen atoms in total. The van der Waals surface area contributed by atoms with Crippen LogP contribution in [0, 0.1) is 0 Å². The lowest BCUT2D eigenvalue weighted by molar-refractivity contribution is 0.430. The van der Waals surface area contributed by atoms with Crippen molar-refractivity contribution in [3.05, 3.63) is 25.0 Å². The Morgan fingerprint density at radius 1 is 1.25 bits per heavy atom. The molecule has 0 bridgehead atoms. The number of hydrogen-bond donors (Lipinski definition) is 0. The SMILES string of the molecule is C=C/C=C\O[Si](C)(C)C(C)(C)C. The molecule has 0 aromatic carbocycles. The second kappa shape index (κ2) is 3.94. The van der Waals surface area contributed by atoms with Crippen LogP contribution in [-0.4, -0.2) is 8.32 Å². The fraction of sp³-hybridized carbons (Fsp3) is 0.600. The van der Waals surface area contributed by atoms with Crippen molar-refractivity contribution in [3.63, 3.8) is 0 Å². The van der Waals surface area contributed by atoms with E-state index in [1.165, 1.54) is 0 Å². The molecule has 2 heteroatoms. The van der Waals surface area contributed by atoms with Gasteiger partial charge in [0.2, 0.25) is 8.32 Å². The molecule has 0 aliphatic heterocycles. The van der Waals surface area contributed by atoms with Crippen LogP contribution in [0.3, 0.4) is 0 Å². The molecule has 0 saturated heterocycles. The second-order valence-corrected chi connectivity index (χ2v) is 9.20. The van der Waals surface area contributed by atoms with Crippen LogP contribution in [0.4, 0.5) is 0 Å². The first-order valence-electron chi connectivity index (χ1n) is 4.26. The Bertz CT molecular complexity index is 175. The second-order valence-electron chi connectivity index (χ2n) is 4.44. The third-order valence-electron chi connectivity index (χ3n) is 2.38. The highest BCUT2D eigenvalue weighted by atomic mass is 28.4. The zero-order valence-corrected chi connectivity index (χ0v) is 9.85. The van der Waals surface area contributed by atoms with Gasteiger partial charge in [-0.25, -0.2) is 0 Å². The Hall–Kier alpha value is -0.503. The lowest BCUT2D eigenvalue weighted by atomic mass is 10.2. The van der Waals surface area contributed by atoms with E-state index < -0.39 is 8.32 Å². The van der Waals surface area contributed by atoms with E-state index in [9.17, 15) is 0 Å². The fourth-order valence-corrected chi connectivity index (χ4v) is 1.21. The Morgan fingerprint density at radius 2 is 1.75 bits per heavy atom. The zero-order chi connectivity index (χ0) is 9.83. The van der Waals surface area contributed by atoms with Gasteiger partial charge in [-0.2, -0.15) is 0 Å². The summed E-state index contributed by atoms with van der Waals surface area (Å²) in [5.41, 5.74) is 0. The van der Waals surface area contributed by atoms with Gasteiger partial charge in [-0.1, -0.05) is 33.4 Å². The van der Waals surface area contributed by atoms with E-state index in [0.717, 1.165) is 0 Å². The molecule has 0 heterocycles. The number of allylic oxidation sites excluding steroid dienone is 2. The molecule has 0 radical (unpaired) electrons. The van der Waals surface area contributed by atoms with Crippen molar-refractivity contribution in [2.75, 3.05) is 0 Å². The van der Waals surface area contributed by atoms with E-state index in [1.54, 1.807) is 12.3 Å². The fourth-order valence-electron chi connectivity index (χ4n) is 0.442. The molecular weight excluding hydrogens is 164 g/mol. The van der Waals surface area contributed by atoms with Crippen LogP contribution in [0.5, 0.6) is 0 Å². The first kappa shape index (κ1) is 11.5. The maximum absolute atomic E-state index is 5.72. The standard InChI is InChI=1S/C10H20OSi/c1-7-8-9-11-12(5,6)10(2,3)4/h7-9H,1H2,2-6H3/b9-8-. The molecule has 0 atom stereocenters. The van der Waals surface area contributed by atoms with Crippen LogP contribution in [0.1, 0.15) is 20.8 Å². The molecule has 0 saturated carbocycles. The molecule has 0 aliphatic carbocycles. The predicted octanol–water partition coefficient (Wildman–Crippen LogP) is 3.71. The van der Waals surface area contributed by atoms with Crippen LogP contribution >= 0.6 is 0 Å². The van der Waals surface area contributed by atoms with Gasteiger partial charge < -0.3 is 4.43 Å². The average molecular weight is 184 g/mol. The molecule has 0 aromatic rings. The molecule has 0 aliphatic rings. The van der Waals surface area contributed by atoms with E-state index in [4.69, 9.17) is 4.43 Å². The first-order valence-corrected chi connectivity index (χ1v) is 7.17. The van der Waals surface area contributed by atoms with Crippen LogP contribution < -0.4 is 0 Å². The molecule has 0 N–H and O–H groups in total. The number of rotatable bonds is 3. The van der Waals surface area contributed by atoms with E-state index in [1.807, 2.05) is 6.08 Å². The highest BCUT2D eigenvalue weighted by Crippen LogP contribution is 2.36. The van der Waals surface area contributed by atoms with Crippen molar-refractivity contribution < 1.29 is 4.43 Å². The summed E-state index contributed by atoms with van der Waals surface area (Å²) in [6, 6.07) is 0. The Morgan fingerprint density at radius 3 is 2.08 bits per heavy atom. The van der Waals surface area contributed by atoms with Gasteiger partial charge in [-0.15, -0.1) is 0 Å². The minimum absolute atomic E-state index is 0.276. The van der Waals surface area contributed by atoms with Crippen LogP contribution in [0.15, 0.2) is 25.0 Å². The summed E-state index contributed by atoms with van der Waals surface area (Å²) in [5.74, 6) is 0. The predicted molar refractivity (Wildman–Crippen MR) is 57.6 cm³/mol. The Balaban J connectivity index is 4.23. The molecule has 70 valence electrons. The van der Waals surface area contributed by atoms with Gasteiger partial charge in [0, 0.05) is 0 Å². The van der Waals surface area contributed by atoms with Crippen molar-refractivity contribution in [1.82, 2.24) is 0 Å². The van der Waals surface area contributed by atoms with Crippen molar-refractivity contribution in [2.45, 2.75) is 38.9 Å². The molecule has 0 fully saturated rings. The lowest BCUT2D eigenvalue weighted by Gasteiger charge is -2.34. The summed E-state index contributed by atoms with van der Waals surface area (Å²) in [7, 11) is -1.58. The minimum Gasteiger partial charge on any atom is -0.549 e. The van der Waals surface area contributed by atoms with Gasteiger partial charge >= 0.3 is 0 Å². The summed E-state index contributed by atoms with van der Waals surface area (Å²) < 4.78 is 5.72. The van der Waals surface area contributed by atoms with Crippen LogP contribution in [-0.2, 0) is 4.43 Å². The topological polar surface area (TPSA) is 9.23 Å². The van der Waals surface area contributed by atoms with Gasteiger partial charge in [0.25, 0.3) is 0 Å². The molecule has 12 heavy (non-hydrogen) atoms. The summed E-state index contributed by atoms with van der Waals surface area (Å²) in [6.45, 7) is 14.7. The Labute approximate surface area is 77.3 Å². The molecular formula is C10H20OSi. The highest BCUT2D eigenvalue weighted by molar-refractivity contribution is 6.74. The lowest BCUT2D eigenvalue weighted by Crippen LogP contribution is -2.39. The van der Waals surface area contributed by atoms with Gasteiger partial charge in [-0.3, -0.25) is 0 Å². The third kappa shape index (κ3) is 3.26. The van der Waals surface area contributed by atoms with Gasteiger partial charge in [-0.05, 0) is 24.2 Å². The van der Waals surface area contributed by atoms with Crippen molar-refractivity contribution in [3.8, 4) is 0 Å². The van der Waals surface area contributed by atoms with Gasteiger partial charge in [0.15, 0.2) is 0 Å². The van der Waals surface area contributed by atoms with Crippen LogP contribution in [0.2, 0.25) is 18.1 Å². The van der Waals surface area contributed by atoms with E-state index in [-0.39, 0.29) is 5.04 Å². The summed E-state index contributed by atoms with van der Waals surface area (Å²) >= 11 is 0. The maximum Gasteiger partial charge on any atom is 0.249 e. The number of hydrogen-bond acceptors (Lipinski definition) is 1. The summed E-state index contributed by atoms with van der Waals surface area (Å²) in [4.78, 5) is 0. The quantitative estimate of drug-likeness (QED) is 0.369. The minimum atomic E-state index is -1.58. The van der Waals surface area contributed by atoms with Crippen molar-refractivity contribution >= 4 is 8.32 Å². The smallest absolute Gasteiger partial charge is 0.249 e.